The monoisotopic (exact) mass is 497 g/mol. The summed E-state index contributed by atoms with van der Waals surface area (Å²) in [5, 5.41) is 16.1. The molecule has 142 valence electrons. The molecule has 0 bridgehead atoms. The number of hydrogen-bond acceptors (Lipinski definition) is 5. The number of amides is 2. The maximum atomic E-state index is 11.9. The standard InChI is InChI=1S/C18H17Br2N3O4/c1-2-27-13-5-3-12(4-6-13)22-16(24)9-17(25)23-21-10-11-7-14(19)18(26)15(20)8-11/h3-8,10,26H,2,9H2,1H3,(H,22,24)(H,23,25)/b21-10+. The molecule has 2 aromatic rings. The van der Waals surface area contributed by atoms with Crippen LogP contribution in [0.1, 0.15) is 18.9 Å². The fourth-order valence-corrected chi connectivity index (χ4v) is 3.25. The lowest BCUT2D eigenvalue weighted by atomic mass is 10.2. The lowest BCUT2D eigenvalue weighted by molar-refractivity contribution is -0.126. The molecule has 27 heavy (non-hydrogen) atoms. The Morgan fingerprint density at radius 2 is 1.78 bits per heavy atom. The van der Waals surface area contributed by atoms with Crippen molar-refractivity contribution in [2.24, 2.45) is 5.10 Å². The number of carbonyl (C=O) groups is 2. The molecule has 0 fully saturated rings. The number of hydrazone groups is 1. The molecule has 0 aromatic heterocycles. The third kappa shape index (κ3) is 6.69. The van der Waals surface area contributed by atoms with Gasteiger partial charge < -0.3 is 15.2 Å². The van der Waals surface area contributed by atoms with Crippen molar-refractivity contribution < 1.29 is 19.4 Å². The number of anilines is 1. The summed E-state index contributed by atoms with van der Waals surface area (Å²) in [5.74, 6) is -0.231. The van der Waals surface area contributed by atoms with Gasteiger partial charge in [0, 0.05) is 5.69 Å². The molecule has 2 amide bonds. The predicted molar refractivity (Wildman–Crippen MR) is 110 cm³/mol. The van der Waals surface area contributed by atoms with Gasteiger partial charge >= 0.3 is 0 Å². The summed E-state index contributed by atoms with van der Waals surface area (Å²) >= 11 is 6.41. The number of ether oxygens (including phenoxy) is 1. The van der Waals surface area contributed by atoms with Gasteiger partial charge in [0.2, 0.25) is 11.8 Å². The van der Waals surface area contributed by atoms with Crippen molar-refractivity contribution >= 4 is 55.6 Å². The van der Waals surface area contributed by atoms with Crippen molar-refractivity contribution in [3.63, 3.8) is 0 Å². The Labute approximate surface area is 173 Å². The van der Waals surface area contributed by atoms with Crippen molar-refractivity contribution in [3.8, 4) is 11.5 Å². The van der Waals surface area contributed by atoms with Crippen LogP contribution in [0.3, 0.4) is 0 Å². The third-order valence-corrected chi connectivity index (χ3v) is 4.42. The first-order valence-corrected chi connectivity index (χ1v) is 9.50. The van der Waals surface area contributed by atoms with E-state index in [4.69, 9.17) is 4.74 Å². The van der Waals surface area contributed by atoms with Crippen molar-refractivity contribution in [1.29, 1.82) is 0 Å². The molecule has 0 saturated carbocycles. The molecule has 0 aliphatic carbocycles. The van der Waals surface area contributed by atoms with Crippen LogP contribution in [-0.4, -0.2) is 29.7 Å². The van der Waals surface area contributed by atoms with Gasteiger partial charge in [0.05, 0.1) is 21.8 Å². The summed E-state index contributed by atoms with van der Waals surface area (Å²) in [6, 6.07) is 10.1. The minimum Gasteiger partial charge on any atom is -0.506 e. The van der Waals surface area contributed by atoms with E-state index in [1.165, 1.54) is 6.21 Å². The fraction of sp³-hybridized carbons (Fsp3) is 0.167. The molecule has 2 rings (SSSR count). The second-order valence-corrected chi connectivity index (χ2v) is 7.02. The molecule has 3 N–H and O–H groups in total. The van der Waals surface area contributed by atoms with Gasteiger partial charge in [0.1, 0.15) is 17.9 Å². The van der Waals surface area contributed by atoms with Gasteiger partial charge in [-0.05, 0) is 80.7 Å². The first-order valence-electron chi connectivity index (χ1n) is 7.91. The number of hydrogen-bond donors (Lipinski definition) is 3. The number of phenolic OH excluding ortho intramolecular Hbond substituents is 1. The minimum absolute atomic E-state index is 0.0714. The lowest BCUT2D eigenvalue weighted by Gasteiger charge is -2.06. The summed E-state index contributed by atoms with van der Waals surface area (Å²) in [6.07, 6.45) is 1.03. The van der Waals surface area contributed by atoms with Crippen LogP contribution in [0.4, 0.5) is 5.69 Å². The van der Waals surface area contributed by atoms with Crippen molar-refractivity contribution in [2.45, 2.75) is 13.3 Å². The van der Waals surface area contributed by atoms with Crippen molar-refractivity contribution in [3.05, 3.63) is 50.9 Å². The second kappa shape index (κ2) is 10.1. The highest BCUT2D eigenvalue weighted by atomic mass is 79.9. The van der Waals surface area contributed by atoms with Crippen LogP contribution in [0, 0.1) is 0 Å². The maximum absolute atomic E-state index is 11.9. The number of nitrogens with one attached hydrogen (secondary N) is 2. The zero-order valence-electron chi connectivity index (χ0n) is 14.3. The Morgan fingerprint density at radius 1 is 1.15 bits per heavy atom. The van der Waals surface area contributed by atoms with Gasteiger partial charge in [-0.2, -0.15) is 5.10 Å². The predicted octanol–water partition coefficient (Wildman–Crippen LogP) is 3.79. The Kier molecular flexibility index (Phi) is 7.81. The van der Waals surface area contributed by atoms with Gasteiger partial charge in [-0.25, -0.2) is 5.43 Å². The highest BCUT2D eigenvalue weighted by Gasteiger charge is 2.09. The summed E-state index contributed by atoms with van der Waals surface area (Å²) in [6.45, 7) is 2.44. The van der Waals surface area contributed by atoms with Crippen molar-refractivity contribution in [2.75, 3.05) is 11.9 Å². The zero-order valence-corrected chi connectivity index (χ0v) is 17.5. The summed E-state index contributed by atoms with van der Waals surface area (Å²) in [5.41, 5.74) is 3.50. The first-order chi connectivity index (χ1) is 12.9. The molecular weight excluding hydrogens is 482 g/mol. The van der Waals surface area contributed by atoms with E-state index in [1.54, 1.807) is 36.4 Å². The normalized spacial score (nSPS) is 10.6. The van der Waals surface area contributed by atoms with E-state index in [-0.39, 0.29) is 12.2 Å². The highest BCUT2D eigenvalue weighted by Crippen LogP contribution is 2.32. The molecule has 0 aliphatic heterocycles. The van der Waals surface area contributed by atoms with Crippen LogP contribution < -0.4 is 15.5 Å². The quantitative estimate of drug-likeness (QED) is 0.307. The third-order valence-electron chi connectivity index (χ3n) is 3.21. The van der Waals surface area contributed by atoms with E-state index < -0.39 is 11.8 Å². The van der Waals surface area contributed by atoms with Gasteiger partial charge in [0.25, 0.3) is 0 Å². The number of benzene rings is 2. The number of nitrogens with zero attached hydrogens (tertiary/aromatic N) is 1. The molecule has 0 radical (unpaired) electrons. The van der Waals surface area contributed by atoms with E-state index >= 15 is 0 Å². The molecule has 0 heterocycles. The van der Waals surface area contributed by atoms with Gasteiger partial charge in [-0.3, -0.25) is 9.59 Å². The Balaban J connectivity index is 1.83. The van der Waals surface area contributed by atoms with E-state index in [9.17, 15) is 14.7 Å². The van der Waals surface area contributed by atoms with Crippen LogP contribution >= 0.6 is 31.9 Å². The smallest absolute Gasteiger partial charge is 0.249 e. The van der Waals surface area contributed by atoms with Crippen LogP contribution in [-0.2, 0) is 9.59 Å². The molecule has 2 aromatic carbocycles. The van der Waals surface area contributed by atoms with E-state index in [1.807, 2.05) is 6.92 Å². The minimum atomic E-state index is -0.549. The van der Waals surface area contributed by atoms with E-state index in [0.717, 1.165) is 0 Å². The first kappa shape index (κ1) is 20.9. The number of aromatic hydroxyl groups is 1. The fourth-order valence-electron chi connectivity index (χ4n) is 2.03. The van der Waals surface area contributed by atoms with Crippen LogP contribution in [0.2, 0.25) is 0 Å². The largest absolute Gasteiger partial charge is 0.506 e. The number of phenols is 1. The Hall–Kier alpha value is -2.39. The van der Waals surface area contributed by atoms with Gasteiger partial charge in [-0.15, -0.1) is 0 Å². The van der Waals surface area contributed by atoms with Crippen LogP contribution in [0.15, 0.2) is 50.4 Å². The maximum Gasteiger partial charge on any atom is 0.249 e. The molecule has 9 heteroatoms. The molecule has 0 unspecified atom stereocenters. The molecule has 0 spiro atoms. The lowest BCUT2D eigenvalue weighted by Crippen LogP contribution is -2.24. The summed E-state index contributed by atoms with van der Waals surface area (Å²) < 4.78 is 6.29. The zero-order chi connectivity index (χ0) is 19.8. The Bertz CT molecular complexity index is 831. The highest BCUT2D eigenvalue weighted by molar-refractivity contribution is 9.11. The average Bonchev–Trinajstić information content (AvgIpc) is 2.61. The van der Waals surface area contributed by atoms with E-state index in [2.05, 4.69) is 47.7 Å². The number of carbonyl (C=O) groups excluding carboxylic acids is 2. The van der Waals surface area contributed by atoms with Gasteiger partial charge in [-0.1, -0.05) is 0 Å². The molecule has 0 saturated heterocycles. The topological polar surface area (TPSA) is 100 Å². The van der Waals surface area contributed by atoms with Gasteiger partial charge in [0.15, 0.2) is 0 Å². The molecule has 7 nitrogen and oxygen atoms in total. The molecule has 0 aliphatic rings. The van der Waals surface area contributed by atoms with Crippen LogP contribution in [0.25, 0.3) is 0 Å². The van der Waals surface area contributed by atoms with Crippen molar-refractivity contribution in [1.82, 2.24) is 5.43 Å². The summed E-state index contributed by atoms with van der Waals surface area (Å²) in [7, 11) is 0. The summed E-state index contributed by atoms with van der Waals surface area (Å²) in [4.78, 5) is 23.7. The number of rotatable bonds is 7. The van der Waals surface area contributed by atoms with E-state index in [0.29, 0.717) is 32.6 Å². The number of halogens is 2. The SMILES string of the molecule is CCOc1ccc(NC(=O)CC(=O)N/N=C/c2cc(Br)c(O)c(Br)c2)cc1. The van der Waals surface area contributed by atoms with Crippen LogP contribution in [0.5, 0.6) is 11.5 Å². The second-order valence-electron chi connectivity index (χ2n) is 5.31. The average molecular weight is 499 g/mol. The molecule has 0 atom stereocenters. The molecular formula is C18H17Br2N3O4. The Morgan fingerprint density at radius 3 is 2.37 bits per heavy atom.